The van der Waals surface area contributed by atoms with Crippen molar-refractivity contribution < 1.29 is 9.47 Å². The molecule has 0 radical (unpaired) electrons. The van der Waals surface area contributed by atoms with Crippen LogP contribution < -0.4 is 0 Å². The summed E-state index contributed by atoms with van der Waals surface area (Å²) in [5, 5.41) is 0. The zero-order chi connectivity index (χ0) is 5.98. The summed E-state index contributed by atoms with van der Waals surface area (Å²) in [6, 6.07) is -0.175. The van der Waals surface area contributed by atoms with Gasteiger partial charge in [-0.3, -0.25) is 0 Å². The van der Waals surface area contributed by atoms with Crippen LogP contribution in [0.1, 0.15) is 6.92 Å². The number of hydrogen-bond acceptors (Lipinski definition) is 2. The number of nitrogens with one attached hydrogen (secondary N) is 1. The molecule has 1 aliphatic heterocycles. The highest BCUT2D eigenvalue weighted by atomic mass is 16.7. The minimum absolute atomic E-state index is 0.100. The molecular weight excluding hydrogens is 106 g/mol. The zero-order valence-electron chi connectivity index (χ0n) is 4.89. The van der Waals surface area contributed by atoms with E-state index in [2.05, 4.69) is 0 Å². The molecule has 0 amide bonds. The van der Waals surface area contributed by atoms with Gasteiger partial charge in [0.2, 0.25) is 0 Å². The minimum Gasteiger partial charge on any atom is -0.671 e. The van der Waals surface area contributed by atoms with E-state index in [0.717, 1.165) is 0 Å². The van der Waals surface area contributed by atoms with Crippen LogP contribution in [0.3, 0.4) is 0 Å². The predicted molar refractivity (Wildman–Crippen MR) is 29.5 cm³/mol. The molecule has 0 aromatic rings. The average Bonchev–Trinajstić information content (AvgIpc) is 1.77. The first kappa shape index (κ1) is 6.01. The molecule has 1 N–H and O–H groups in total. The third-order valence-corrected chi connectivity index (χ3v) is 1.06. The molecule has 0 unspecified atom stereocenters. The second kappa shape index (κ2) is 2.44. The topological polar surface area (TPSA) is 42.3 Å². The summed E-state index contributed by atoms with van der Waals surface area (Å²) in [6.45, 7) is 2.87. The highest BCUT2D eigenvalue weighted by Gasteiger charge is 2.09. The number of ether oxygens (including phenoxy) is 2. The molecule has 3 heteroatoms. The van der Waals surface area contributed by atoms with Crippen molar-refractivity contribution >= 4 is 0 Å². The molecular formula is C5H10NO2-. The molecule has 1 rings (SSSR count). The third kappa shape index (κ3) is 1.43. The fraction of sp³-hybridized carbons (Fsp3) is 1.00. The fourth-order valence-electron chi connectivity index (χ4n) is 0.600. The maximum Gasteiger partial charge on any atom is 0.154 e. The SMILES string of the molecule is CC1OCC([NH-])CO1. The Morgan fingerprint density at radius 1 is 1.38 bits per heavy atom. The van der Waals surface area contributed by atoms with E-state index in [1.54, 1.807) is 0 Å². The van der Waals surface area contributed by atoms with Crippen LogP contribution in [0.4, 0.5) is 0 Å². The van der Waals surface area contributed by atoms with Crippen LogP contribution in [0.5, 0.6) is 0 Å². The number of rotatable bonds is 0. The summed E-state index contributed by atoms with van der Waals surface area (Å²) in [5.41, 5.74) is 7.11. The van der Waals surface area contributed by atoms with E-state index in [-0.39, 0.29) is 12.3 Å². The zero-order valence-corrected chi connectivity index (χ0v) is 4.89. The first-order valence-corrected chi connectivity index (χ1v) is 2.73. The molecule has 0 spiro atoms. The lowest BCUT2D eigenvalue weighted by molar-refractivity contribution is -0.169. The maximum atomic E-state index is 7.11. The van der Waals surface area contributed by atoms with Crippen molar-refractivity contribution in [2.24, 2.45) is 0 Å². The molecule has 0 aromatic carbocycles. The molecule has 8 heavy (non-hydrogen) atoms. The van der Waals surface area contributed by atoms with Crippen LogP contribution in [0.2, 0.25) is 0 Å². The van der Waals surface area contributed by atoms with Crippen molar-refractivity contribution in [3.05, 3.63) is 5.73 Å². The van der Waals surface area contributed by atoms with Crippen LogP contribution in [0, 0.1) is 0 Å². The van der Waals surface area contributed by atoms with Crippen LogP contribution in [0.25, 0.3) is 5.73 Å². The van der Waals surface area contributed by atoms with Crippen molar-refractivity contribution in [2.45, 2.75) is 19.3 Å². The van der Waals surface area contributed by atoms with Crippen molar-refractivity contribution in [1.29, 1.82) is 0 Å². The van der Waals surface area contributed by atoms with Gasteiger partial charge in [0.1, 0.15) is 0 Å². The fourth-order valence-corrected chi connectivity index (χ4v) is 0.600. The van der Waals surface area contributed by atoms with E-state index in [9.17, 15) is 0 Å². The normalized spacial score (nSPS) is 39.8. The molecule has 0 atom stereocenters. The summed E-state index contributed by atoms with van der Waals surface area (Å²) in [5.74, 6) is 0. The first-order valence-electron chi connectivity index (χ1n) is 2.73. The Bertz CT molecular complexity index is 58.8. The van der Waals surface area contributed by atoms with Gasteiger partial charge in [-0.2, -0.15) is 0 Å². The van der Waals surface area contributed by atoms with E-state index < -0.39 is 0 Å². The predicted octanol–water partition coefficient (Wildman–Crippen LogP) is 0.800. The third-order valence-electron chi connectivity index (χ3n) is 1.06. The second-order valence-electron chi connectivity index (χ2n) is 1.93. The van der Waals surface area contributed by atoms with E-state index in [0.29, 0.717) is 13.2 Å². The average molecular weight is 116 g/mol. The van der Waals surface area contributed by atoms with Crippen LogP contribution in [-0.4, -0.2) is 25.5 Å². The lowest BCUT2D eigenvalue weighted by atomic mass is 10.3. The molecule has 0 aromatic heterocycles. The molecule has 0 aliphatic carbocycles. The minimum atomic E-state index is -0.175. The van der Waals surface area contributed by atoms with Crippen molar-refractivity contribution in [3.8, 4) is 0 Å². The summed E-state index contributed by atoms with van der Waals surface area (Å²) in [7, 11) is 0. The maximum absolute atomic E-state index is 7.11. The molecule has 0 saturated carbocycles. The molecule has 0 bridgehead atoms. The molecule has 1 fully saturated rings. The Kier molecular flexibility index (Phi) is 1.83. The van der Waals surface area contributed by atoms with Gasteiger partial charge in [0.25, 0.3) is 0 Å². The first-order chi connectivity index (χ1) is 3.79. The van der Waals surface area contributed by atoms with Gasteiger partial charge in [0.15, 0.2) is 6.29 Å². The smallest absolute Gasteiger partial charge is 0.154 e. The molecule has 1 heterocycles. The molecule has 3 nitrogen and oxygen atoms in total. The van der Waals surface area contributed by atoms with Crippen LogP contribution >= 0.6 is 0 Å². The Morgan fingerprint density at radius 3 is 2.25 bits per heavy atom. The van der Waals surface area contributed by atoms with Gasteiger partial charge in [-0.15, -0.1) is 0 Å². The van der Waals surface area contributed by atoms with Gasteiger partial charge in [-0.05, 0) is 6.92 Å². The van der Waals surface area contributed by atoms with Gasteiger partial charge in [-0.25, -0.2) is 0 Å². The Hall–Kier alpha value is -0.120. The van der Waals surface area contributed by atoms with E-state index in [1.807, 2.05) is 6.92 Å². The van der Waals surface area contributed by atoms with Gasteiger partial charge in [-0.1, -0.05) is 6.04 Å². The summed E-state index contributed by atoms with van der Waals surface area (Å²) in [4.78, 5) is 0. The Labute approximate surface area is 48.8 Å². The quantitative estimate of drug-likeness (QED) is 0.469. The van der Waals surface area contributed by atoms with Gasteiger partial charge in [0.05, 0.1) is 0 Å². The lowest BCUT2D eigenvalue weighted by Crippen LogP contribution is -2.31. The van der Waals surface area contributed by atoms with Crippen LogP contribution in [0.15, 0.2) is 0 Å². The largest absolute Gasteiger partial charge is 0.671 e. The van der Waals surface area contributed by atoms with Crippen molar-refractivity contribution in [3.63, 3.8) is 0 Å². The Balaban J connectivity index is 2.19. The molecule has 1 aliphatic rings. The Morgan fingerprint density at radius 2 is 1.88 bits per heavy atom. The van der Waals surface area contributed by atoms with Crippen LogP contribution in [-0.2, 0) is 9.47 Å². The van der Waals surface area contributed by atoms with Gasteiger partial charge in [0, 0.05) is 13.2 Å². The molecule has 1 saturated heterocycles. The van der Waals surface area contributed by atoms with E-state index in [4.69, 9.17) is 15.2 Å². The van der Waals surface area contributed by atoms with Crippen molar-refractivity contribution in [1.82, 2.24) is 0 Å². The van der Waals surface area contributed by atoms with Gasteiger partial charge >= 0.3 is 0 Å². The number of hydrogen-bond donors (Lipinski definition) is 0. The highest BCUT2D eigenvalue weighted by Crippen LogP contribution is 2.05. The summed E-state index contributed by atoms with van der Waals surface area (Å²) in [6.07, 6.45) is -0.100. The second-order valence-corrected chi connectivity index (χ2v) is 1.93. The lowest BCUT2D eigenvalue weighted by Gasteiger charge is -2.29. The summed E-state index contributed by atoms with van der Waals surface area (Å²) < 4.78 is 9.96. The monoisotopic (exact) mass is 116 g/mol. The highest BCUT2D eigenvalue weighted by molar-refractivity contribution is 4.74. The molecule has 48 valence electrons. The van der Waals surface area contributed by atoms with Gasteiger partial charge < -0.3 is 15.2 Å². The standard InChI is InChI=1S/C5H10NO2/c1-4-7-2-5(6)3-8-4/h4-6H,2-3H2,1H3/q-1. The van der Waals surface area contributed by atoms with E-state index >= 15 is 0 Å². The summed E-state index contributed by atoms with van der Waals surface area (Å²) >= 11 is 0. The van der Waals surface area contributed by atoms with E-state index in [1.165, 1.54) is 0 Å². The van der Waals surface area contributed by atoms with Crippen molar-refractivity contribution in [2.75, 3.05) is 13.2 Å².